The van der Waals surface area contributed by atoms with Crippen LogP contribution in [0.4, 0.5) is 0 Å². The Kier molecular flexibility index (Phi) is 4.74. The van der Waals surface area contributed by atoms with Gasteiger partial charge in [-0.25, -0.2) is 0 Å². The monoisotopic (exact) mass is 325 g/mol. The van der Waals surface area contributed by atoms with Crippen LogP contribution in [0.15, 0.2) is 42.5 Å². The first-order valence-electron chi connectivity index (χ1n) is 8.34. The third-order valence-electron chi connectivity index (χ3n) is 4.33. The number of carbonyl (C=O) groups excluding carboxylic acids is 1. The maximum Gasteiger partial charge on any atom is 0.265 e. The first-order chi connectivity index (χ1) is 11.6. The average Bonchev–Trinajstić information content (AvgIpc) is 2.59. The van der Waals surface area contributed by atoms with Crippen molar-refractivity contribution in [2.24, 2.45) is 0 Å². The van der Waals surface area contributed by atoms with E-state index in [4.69, 9.17) is 9.47 Å². The summed E-state index contributed by atoms with van der Waals surface area (Å²) >= 11 is 0. The van der Waals surface area contributed by atoms with Crippen LogP contribution in [0.25, 0.3) is 0 Å². The van der Waals surface area contributed by atoms with Crippen LogP contribution in [0, 0.1) is 13.8 Å². The Labute approximate surface area is 142 Å². The van der Waals surface area contributed by atoms with Gasteiger partial charge in [-0.05, 0) is 43.5 Å². The zero-order valence-corrected chi connectivity index (χ0v) is 14.3. The third kappa shape index (κ3) is 3.37. The number of para-hydroxylation sites is 2. The Morgan fingerprint density at radius 1 is 1.21 bits per heavy atom. The van der Waals surface area contributed by atoms with Crippen molar-refractivity contribution in [1.82, 2.24) is 5.32 Å². The van der Waals surface area contributed by atoms with E-state index in [1.54, 1.807) is 0 Å². The number of rotatable bonds is 4. The Morgan fingerprint density at radius 2 is 1.96 bits per heavy atom. The number of hydrogen-bond acceptors (Lipinski definition) is 3. The Balaban J connectivity index is 1.71. The van der Waals surface area contributed by atoms with E-state index in [9.17, 15) is 4.79 Å². The van der Waals surface area contributed by atoms with E-state index in [0.717, 1.165) is 12.0 Å². The molecule has 1 heterocycles. The molecule has 0 unspecified atom stereocenters. The predicted octanol–water partition coefficient (Wildman–Crippen LogP) is 3.71. The average molecular weight is 325 g/mol. The van der Waals surface area contributed by atoms with Crippen molar-refractivity contribution in [3.05, 3.63) is 59.2 Å². The van der Waals surface area contributed by atoms with Gasteiger partial charge in [0, 0.05) is 0 Å². The summed E-state index contributed by atoms with van der Waals surface area (Å²) in [4.78, 5) is 12.6. The lowest BCUT2D eigenvalue weighted by atomic mass is 9.97. The Hall–Kier alpha value is -2.49. The summed E-state index contributed by atoms with van der Waals surface area (Å²) in [7, 11) is 0. The van der Waals surface area contributed by atoms with E-state index in [0.29, 0.717) is 11.5 Å². The molecule has 3 rings (SSSR count). The minimum Gasteiger partial charge on any atom is -0.485 e. The van der Waals surface area contributed by atoms with Gasteiger partial charge in [0.25, 0.3) is 5.91 Å². The van der Waals surface area contributed by atoms with Gasteiger partial charge in [0.1, 0.15) is 6.61 Å². The maximum absolute atomic E-state index is 12.6. The van der Waals surface area contributed by atoms with Gasteiger partial charge in [-0.15, -0.1) is 0 Å². The van der Waals surface area contributed by atoms with Crippen LogP contribution in [0.5, 0.6) is 11.5 Å². The summed E-state index contributed by atoms with van der Waals surface area (Å²) in [6.07, 6.45) is 0.194. The minimum absolute atomic E-state index is 0.0288. The molecule has 0 bridgehead atoms. The van der Waals surface area contributed by atoms with Gasteiger partial charge >= 0.3 is 0 Å². The van der Waals surface area contributed by atoms with Crippen LogP contribution in [-0.4, -0.2) is 18.6 Å². The lowest BCUT2D eigenvalue weighted by molar-refractivity contribution is -0.131. The lowest BCUT2D eigenvalue weighted by Crippen LogP contribution is -2.45. The van der Waals surface area contributed by atoms with Crippen LogP contribution < -0.4 is 14.8 Å². The number of nitrogens with one attached hydrogen (secondary N) is 1. The molecule has 0 fully saturated rings. The molecule has 1 aliphatic heterocycles. The first-order valence-corrected chi connectivity index (χ1v) is 8.34. The van der Waals surface area contributed by atoms with Gasteiger partial charge in [-0.2, -0.15) is 0 Å². The second kappa shape index (κ2) is 6.95. The fourth-order valence-electron chi connectivity index (χ4n) is 3.03. The number of fused-ring (bicyclic) bond motifs is 1. The molecule has 1 N–H and O–H groups in total. The first kappa shape index (κ1) is 16.4. The molecule has 0 radical (unpaired) electrons. The minimum atomic E-state index is -0.625. The van der Waals surface area contributed by atoms with E-state index in [-0.39, 0.29) is 18.6 Å². The molecule has 0 saturated carbocycles. The quantitative estimate of drug-likeness (QED) is 0.932. The molecular weight excluding hydrogens is 302 g/mol. The largest absolute Gasteiger partial charge is 0.485 e. The zero-order valence-electron chi connectivity index (χ0n) is 14.3. The maximum atomic E-state index is 12.6. The van der Waals surface area contributed by atoms with Crippen molar-refractivity contribution in [2.45, 2.75) is 39.3 Å². The fraction of sp³-hybridized carbons (Fsp3) is 0.350. The van der Waals surface area contributed by atoms with E-state index >= 15 is 0 Å². The molecule has 2 aromatic rings. The molecule has 126 valence electrons. The molecule has 2 aromatic carbocycles. The normalized spacial score (nSPS) is 17.2. The number of ether oxygens (including phenoxy) is 2. The molecule has 4 heteroatoms. The Bertz CT molecular complexity index is 741. The van der Waals surface area contributed by atoms with Gasteiger partial charge in [0.05, 0.1) is 6.04 Å². The van der Waals surface area contributed by atoms with Gasteiger partial charge in [-0.1, -0.05) is 42.8 Å². The smallest absolute Gasteiger partial charge is 0.265 e. The number of carbonyl (C=O) groups is 1. The van der Waals surface area contributed by atoms with Crippen molar-refractivity contribution in [1.29, 1.82) is 0 Å². The highest BCUT2D eigenvalue weighted by Gasteiger charge is 2.29. The van der Waals surface area contributed by atoms with Gasteiger partial charge < -0.3 is 14.8 Å². The van der Waals surface area contributed by atoms with Crippen molar-refractivity contribution < 1.29 is 14.3 Å². The highest BCUT2D eigenvalue weighted by atomic mass is 16.6. The molecule has 4 nitrogen and oxygen atoms in total. The van der Waals surface area contributed by atoms with Crippen LogP contribution in [-0.2, 0) is 4.79 Å². The Morgan fingerprint density at radius 3 is 2.67 bits per heavy atom. The van der Waals surface area contributed by atoms with Gasteiger partial charge in [0.15, 0.2) is 11.5 Å². The molecular formula is C20H23NO3. The highest BCUT2D eigenvalue weighted by molar-refractivity contribution is 5.82. The van der Waals surface area contributed by atoms with Crippen LogP contribution in [0.3, 0.4) is 0 Å². The molecule has 2 atom stereocenters. The van der Waals surface area contributed by atoms with Crippen LogP contribution in [0.2, 0.25) is 0 Å². The van der Waals surface area contributed by atoms with Gasteiger partial charge in [0.2, 0.25) is 6.10 Å². The van der Waals surface area contributed by atoms with Crippen molar-refractivity contribution in [3.8, 4) is 11.5 Å². The third-order valence-corrected chi connectivity index (χ3v) is 4.33. The number of amides is 1. The summed E-state index contributed by atoms with van der Waals surface area (Å²) in [5, 5.41) is 3.10. The lowest BCUT2D eigenvalue weighted by Gasteiger charge is -2.28. The van der Waals surface area contributed by atoms with E-state index in [2.05, 4.69) is 44.3 Å². The van der Waals surface area contributed by atoms with Crippen LogP contribution >= 0.6 is 0 Å². The summed E-state index contributed by atoms with van der Waals surface area (Å²) in [6.45, 7) is 6.44. The van der Waals surface area contributed by atoms with Gasteiger partial charge in [-0.3, -0.25) is 4.79 Å². The fourth-order valence-corrected chi connectivity index (χ4v) is 3.03. The topological polar surface area (TPSA) is 47.6 Å². The second-order valence-corrected chi connectivity index (χ2v) is 6.19. The standard InChI is InChI=1S/C20H23NO3/c1-4-16(15-10-9-13(2)11-14(15)3)21-20(22)19-12-23-17-7-5-6-8-18(17)24-19/h5-11,16,19H,4,12H2,1-3H3,(H,21,22)/t16-,19-/m0/s1. The molecule has 0 aromatic heterocycles. The molecule has 24 heavy (non-hydrogen) atoms. The van der Waals surface area contributed by atoms with Crippen molar-refractivity contribution in [3.63, 3.8) is 0 Å². The predicted molar refractivity (Wildman–Crippen MR) is 93.4 cm³/mol. The van der Waals surface area contributed by atoms with E-state index < -0.39 is 6.10 Å². The SMILES string of the molecule is CC[C@H](NC(=O)[C@@H]1COc2ccccc2O1)c1ccc(C)cc1C. The molecule has 0 aliphatic carbocycles. The zero-order chi connectivity index (χ0) is 17.1. The number of benzene rings is 2. The second-order valence-electron chi connectivity index (χ2n) is 6.19. The summed E-state index contributed by atoms with van der Waals surface area (Å²) in [5.74, 6) is 1.16. The molecule has 1 amide bonds. The number of aryl methyl sites for hydroxylation is 2. The number of hydrogen-bond donors (Lipinski definition) is 1. The molecule has 0 saturated heterocycles. The van der Waals surface area contributed by atoms with E-state index in [1.807, 2.05) is 24.3 Å². The summed E-state index contributed by atoms with van der Waals surface area (Å²) in [6, 6.07) is 13.7. The molecule has 0 spiro atoms. The van der Waals surface area contributed by atoms with Crippen LogP contribution in [0.1, 0.15) is 36.1 Å². The molecule has 1 aliphatic rings. The van der Waals surface area contributed by atoms with Crippen molar-refractivity contribution >= 4 is 5.91 Å². The summed E-state index contributed by atoms with van der Waals surface area (Å²) < 4.78 is 11.4. The van der Waals surface area contributed by atoms with Crippen molar-refractivity contribution in [2.75, 3.05) is 6.61 Å². The highest BCUT2D eigenvalue weighted by Crippen LogP contribution is 2.31. The van der Waals surface area contributed by atoms with E-state index in [1.165, 1.54) is 11.1 Å². The summed E-state index contributed by atoms with van der Waals surface area (Å²) in [5.41, 5.74) is 3.56.